The minimum Gasteiger partial charge on any atom is -0.103 e. The standard InChI is InChI=1S/C28H52/c1-5-9-11-13-16-20-24-28(8-4)26-22-18-15-14-17-21-25-27(7-3)23-19-12-10-6-2/h27-28H,1-2,5-13,15-16,18-26H2,3-4H3. The molecule has 2 radical (unpaired) electrons. The highest BCUT2D eigenvalue weighted by Crippen LogP contribution is 2.21. The Morgan fingerprint density at radius 3 is 1.50 bits per heavy atom. The third-order valence-electron chi connectivity index (χ3n) is 6.35. The van der Waals surface area contributed by atoms with Gasteiger partial charge in [0, 0.05) is 12.8 Å². The molecule has 0 nitrogen and oxygen atoms in total. The van der Waals surface area contributed by atoms with Gasteiger partial charge < -0.3 is 0 Å². The van der Waals surface area contributed by atoms with E-state index in [1.807, 2.05) is 0 Å². The fourth-order valence-corrected chi connectivity index (χ4v) is 4.13. The van der Waals surface area contributed by atoms with E-state index in [9.17, 15) is 0 Å². The van der Waals surface area contributed by atoms with Gasteiger partial charge in [-0.25, -0.2) is 0 Å². The van der Waals surface area contributed by atoms with Gasteiger partial charge in [0.2, 0.25) is 0 Å². The van der Waals surface area contributed by atoms with E-state index in [2.05, 4.69) is 39.5 Å². The van der Waals surface area contributed by atoms with Crippen molar-refractivity contribution in [2.45, 2.75) is 142 Å². The zero-order valence-electron chi connectivity index (χ0n) is 19.7. The van der Waals surface area contributed by atoms with Crippen LogP contribution in [0.3, 0.4) is 0 Å². The Balaban J connectivity index is 3.61. The molecule has 0 spiro atoms. The van der Waals surface area contributed by atoms with Crippen molar-refractivity contribution in [3.05, 3.63) is 13.8 Å². The number of unbranched alkanes of at least 4 members (excludes halogenated alkanes) is 10. The van der Waals surface area contributed by atoms with Gasteiger partial charge in [0.05, 0.1) is 0 Å². The summed E-state index contributed by atoms with van der Waals surface area (Å²) in [4.78, 5) is 0. The predicted molar refractivity (Wildman–Crippen MR) is 129 cm³/mol. The molecule has 0 saturated heterocycles. The Labute approximate surface area is 180 Å². The molecule has 2 unspecified atom stereocenters. The van der Waals surface area contributed by atoms with Crippen molar-refractivity contribution in [3.8, 4) is 11.8 Å². The van der Waals surface area contributed by atoms with Gasteiger partial charge in [-0.15, -0.1) is 11.8 Å². The van der Waals surface area contributed by atoms with Crippen LogP contribution in [0.1, 0.15) is 142 Å². The van der Waals surface area contributed by atoms with Crippen molar-refractivity contribution in [1.82, 2.24) is 0 Å². The van der Waals surface area contributed by atoms with E-state index >= 15 is 0 Å². The van der Waals surface area contributed by atoms with Crippen LogP contribution in [0, 0.1) is 37.5 Å². The van der Waals surface area contributed by atoms with Gasteiger partial charge in [-0.05, 0) is 24.7 Å². The lowest BCUT2D eigenvalue weighted by Gasteiger charge is -2.14. The summed E-state index contributed by atoms with van der Waals surface area (Å²) in [5.41, 5.74) is 0. The van der Waals surface area contributed by atoms with Gasteiger partial charge in [0.25, 0.3) is 0 Å². The summed E-state index contributed by atoms with van der Waals surface area (Å²) in [6.07, 6.45) is 26.4. The van der Waals surface area contributed by atoms with Crippen molar-refractivity contribution in [2.75, 3.05) is 0 Å². The zero-order valence-corrected chi connectivity index (χ0v) is 19.7. The monoisotopic (exact) mass is 388 g/mol. The molecule has 0 fully saturated rings. The molecular formula is C28H52. The molecular weight excluding hydrogens is 336 g/mol. The minimum atomic E-state index is 0.892. The fraction of sp³-hybridized carbons (Fsp3) is 0.857. The van der Waals surface area contributed by atoms with Crippen LogP contribution < -0.4 is 0 Å². The van der Waals surface area contributed by atoms with Crippen molar-refractivity contribution in [3.63, 3.8) is 0 Å². The molecule has 0 saturated carbocycles. The second-order valence-electron chi connectivity index (χ2n) is 8.80. The molecule has 0 bridgehead atoms. The maximum Gasteiger partial charge on any atom is 0.00913 e. The average molecular weight is 389 g/mol. The Bertz CT molecular complexity index is 345. The highest BCUT2D eigenvalue weighted by Gasteiger charge is 2.06. The van der Waals surface area contributed by atoms with E-state index in [4.69, 9.17) is 0 Å². The Hall–Kier alpha value is -0.440. The molecule has 0 heteroatoms. The van der Waals surface area contributed by atoms with Crippen LogP contribution in [-0.2, 0) is 0 Å². The summed E-state index contributed by atoms with van der Waals surface area (Å²) in [7, 11) is 0. The molecule has 0 aromatic rings. The molecule has 0 aliphatic heterocycles. The smallest absolute Gasteiger partial charge is 0.00913 e. The maximum absolute atomic E-state index is 3.93. The fourth-order valence-electron chi connectivity index (χ4n) is 4.13. The maximum atomic E-state index is 3.93. The van der Waals surface area contributed by atoms with Crippen molar-refractivity contribution in [1.29, 1.82) is 0 Å². The van der Waals surface area contributed by atoms with Gasteiger partial charge in [-0.2, -0.15) is 0 Å². The summed E-state index contributed by atoms with van der Waals surface area (Å²) in [6, 6.07) is 0. The van der Waals surface area contributed by atoms with E-state index in [1.54, 1.807) is 0 Å². The molecule has 0 aromatic carbocycles. The lowest BCUT2D eigenvalue weighted by Crippen LogP contribution is -1.99. The first kappa shape index (κ1) is 27.6. The third kappa shape index (κ3) is 18.9. The van der Waals surface area contributed by atoms with Gasteiger partial charge in [0.1, 0.15) is 0 Å². The molecule has 0 amide bonds. The van der Waals surface area contributed by atoms with Crippen LogP contribution in [0.2, 0.25) is 0 Å². The second-order valence-corrected chi connectivity index (χ2v) is 8.80. The first-order valence-corrected chi connectivity index (χ1v) is 12.8. The Morgan fingerprint density at radius 2 is 0.929 bits per heavy atom. The summed E-state index contributed by atoms with van der Waals surface area (Å²) in [6.45, 7) is 12.6. The molecule has 0 aliphatic rings. The summed E-state index contributed by atoms with van der Waals surface area (Å²) in [5, 5.41) is 0. The molecule has 0 rings (SSSR count). The molecule has 2 atom stereocenters. The van der Waals surface area contributed by atoms with Crippen molar-refractivity contribution in [2.24, 2.45) is 11.8 Å². The zero-order chi connectivity index (χ0) is 20.7. The predicted octanol–water partition coefficient (Wildman–Crippen LogP) is 9.73. The molecule has 0 heterocycles. The summed E-state index contributed by atoms with van der Waals surface area (Å²) < 4.78 is 0. The molecule has 164 valence electrons. The molecule has 28 heavy (non-hydrogen) atoms. The highest BCUT2D eigenvalue weighted by molar-refractivity contribution is 4.98. The van der Waals surface area contributed by atoms with Crippen LogP contribution in [0.5, 0.6) is 0 Å². The quantitative estimate of drug-likeness (QED) is 0.144. The SMILES string of the molecule is [CH2]CCCCCCCC(CC)CCCCC#CCCC(CC)CCCCC[CH2]. The normalized spacial score (nSPS) is 13.1. The Morgan fingerprint density at radius 1 is 0.500 bits per heavy atom. The number of rotatable bonds is 20. The van der Waals surface area contributed by atoms with E-state index in [-0.39, 0.29) is 0 Å². The average Bonchev–Trinajstić information content (AvgIpc) is 2.72. The van der Waals surface area contributed by atoms with E-state index in [1.165, 1.54) is 103 Å². The van der Waals surface area contributed by atoms with E-state index in [0.29, 0.717) is 0 Å². The van der Waals surface area contributed by atoms with Gasteiger partial charge in [-0.3, -0.25) is 0 Å². The lowest BCUT2D eigenvalue weighted by molar-refractivity contribution is 0.398. The highest BCUT2D eigenvalue weighted by atomic mass is 14.1. The number of hydrogen-bond donors (Lipinski definition) is 0. The lowest BCUT2D eigenvalue weighted by atomic mass is 9.92. The third-order valence-corrected chi connectivity index (χ3v) is 6.35. The van der Waals surface area contributed by atoms with Crippen molar-refractivity contribution >= 4 is 0 Å². The van der Waals surface area contributed by atoms with Gasteiger partial charge >= 0.3 is 0 Å². The van der Waals surface area contributed by atoms with Crippen LogP contribution in [-0.4, -0.2) is 0 Å². The number of hydrogen-bond acceptors (Lipinski definition) is 0. The van der Waals surface area contributed by atoms with Crippen LogP contribution in [0.4, 0.5) is 0 Å². The molecule has 0 aromatic heterocycles. The molecule has 0 aliphatic carbocycles. The van der Waals surface area contributed by atoms with Crippen molar-refractivity contribution < 1.29 is 0 Å². The first-order valence-electron chi connectivity index (χ1n) is 12.8. The second kappa shape index (κ2) is 22.8. The van der Waals surface area contributed by atoms with Crippen LogP contribution in [0.25, 0.3) is 0 Å². The summed E-state index contributed by atoms with van der Waals surface area (Å²) in [5.74, 6) is 8.73. The summed E-state index contributed by atoms with van der Waals surface area (Å²) >= 11 is 0. The Kier molecular flexibility index (Phi) is 22.5. The van der Waals surface area contributed by atoms with Gasteiger partial charge in [0.15, 0.2) is 0 Å². The van der Waals surface area contributed by atoms with E-state index < -0.39 is 0 Å². The first-order chi connectivity index (χ1) is 13.8. The van der Waals surface area contributed by atoms with Gasteiger partial charge in [-0.1, -0.05) is 130 Å². The minimum absolute atomic E-state index is 0.892. The topological polar surface area (TPSA) is 0 Å². The van der Waals surface area contributed by atoms with Crippen LogP contribution in [0.15, 0.2) is 0 Å². The largest absolute Gasteiger partial charge is 0.103 e. The molecule has 0 N–H and O–H groups in total. The van der Waals surface area contributed by atoms with Crippen LogP contribution >= 0.6 is 0 Å². The van der Waals surface area contributed by atoms with E-state index in [0.717, 1.165) is 37.5 Å².